The lowest BCUT2D eigenvalue weighted by atomic mass is 10.1. The Hall–Kier alpha value is -0.970. The van der Waals surface area contributed by atoms with Crippen molar-refractivity contribution in [2.45, 2.75) is 6.10 Å². The van der Waals surface area contributed by atoms with Crippen LogP contribution in [0.15, 0.2) is 18.2 Å². The zero-order valence-corrected chi connectivity index (χ0v) is 9.04. The minimum absolute atomic E-state index is 0. The molecule has 1 rings (SSSR count). The van der Waals surface area contributed by atoms with Crippen molar-refractivity contribution < 1.29 is 19.1 Å². The van der Waals surface area contributed by atoms with Gasteiger partial charge in [0, 0.05) is 10.7 Å². The Morgan fingerprint density at radius 2 is 2.33 bits per heavy atom. The normalized spacial score (nSPS) is 15.5. The second-order valence-electron chi connectivity index (χ2n) is 2.83. The molecular weight excluding hydrogens is 219 g/mol. The zero-order chi connectivity index (χ0) is 13.1. The van der Waals surface area contributed by atoms with Crippen molar-refractivity contribution in [2.24, 2.45) is 0 Å². The monoisotopic (exact) mass is 237 g/mol. The van der Waals surface area contributed by atoms with E-state index in [1.807, 2.05) is 0 Å². The largest absolute Gasteiger partial charge is 0.504 e. The lowest BCUT2D eigenvalue weighted by Crippen LogP contribution is -2.16. The Morgan fingerprint density at radius 3 is 2.93 bits per heavy atom. The molecule has 1 unspecified atom stereocenters. The molecule has 0 aliphatic rings. The number of phenols is 1. The molecular formula is C10H16ClNO3. The first-order valence-corrected chi connectivity index (χ1v) is 4.13. The maximum absolute atomic E-state index is 9.75. The summed E-state index contributed by atoms with van der Waals surface area (Å²) in [5, 5.41) is 21.3. The van der Waals surface area contributed by atoms with Crippen LogP contribution in [0.25, 0.3) is 0 Å². The predicted molar refractivity (Wildman–Crippen MR) is 60.8 cm³/mol. The lowest BCUT2D eigenvalue weighted by molar-refractivity contribution is 0.177. The number of phenolic OH excluding ortho intramolecular Hbond substituents is 1. The first kappa shape index (κ1) is 9.27. The van der Waals surface area contributed by atoms with Crippen molar-refractivity contribution in [1.29, 1.82) is 0 Å². The van der Waals surface area contributed by atoms with Crippen LogP contribution in [0.3, 0.4) is 0 Å². The van der Waals surface area contributed by atoms with E-state index in [1.54, 1.807) is 0 Å². The number of nitrogens with one attached hydrogen (secondary N) is 1. The Morgan fingerprint density at radius 1 is 1.60 bits per heavy atom. The minimum atomic E-state index is -2.29. The molecule has 1 aromatic carbocycles. The van der Waals surface area contributed by atoms with Crippen molar-refractivity contribution in [2.75, 3.05) is 20.6 Å². The van der Waals surface area contributed by atoms with Crippen LogP contribution in [-0.2, 0) is 0 Å². The van der Waals surface area contributed by atoms with Gasteiger partial charge >= 0.3 is 0 Å². The van der Waals surface area contributed by atoms with Gasteiger partial charge in [0.2, 0.25) is 0 Å². The summed E-state index contributed by atoms with van der Waals surface area (Å²) < 4.78 is 25.7. The Balaban J connectivity index is 0.00000289. The topological polar surface area (TPSA) is 61.7 Å². The van der Waals surface area contributed by atoms with Crippen LogP contribution in [0, 0.1) is 0 Å². The molecule has 0 amide bonds. The zero-order valence-electron chi connectivity index (χ0n) is 11.2. The summed E-state index contributed by atoms with van der Waals surface area (Å²) in [5.41, 5.74) is 0.469. The number of aliphatic hydroxyl groups is 1. The molecule has 0 heterocycles. The van der Waals surface area contributed by atoms with Gasteiger partial charge in [0.25, 0.3) is 0 Å². The van der Waals surface area contributed by atoms with Crippen LogP contribution in [0.5, 0.6) is 11.5 Å². The van der Waals surface area contributed by atoms with Gasteiger partial charge in [-0.3, -0.25) is 0 Å². The number of rotatable bonds is 4. The third-order valence-electron chi connectivity index (χ3n) is 1.88. The van der Waals surface area contributed by atoms with Gasteiger partial charge in [0.1, 0.15) is 0 Å². The maximum Gasteiger partial charge on any atom is 0.160 e. The first-order chi connectivity index (χ1) is 7.83. The summed E-state index contributed by atoms with van der Waals surface area (Å²) in [4.78, 5) is 0. The van der Waals surface area contributed by atoms with Crippen LogP contribution < -0.4 is 10.1 Å². The number of hydrogen-bond acceptors (Lipinski definition) is 4. The van der Waals surface area contributed by atoms with E-state index in [4.69, 9.17) is 8.85 Å². The smallest absolute Gasteiger partial charge is 0.160 e. The van der Waals surface area contributed by atoms with Crippen molar-refractivity contribution in [3.63, 3.8) is 0 Å². The second kappa shape index (κ2) is 6.50. The molecule has 0 spiro atoms. The molecule has 15 heavy (non-hydrogen) atoms. The first-order valence-electron chi connectivity index (χ1n) is 5.63. The predicted octanol–water partition coefficient (Wildman–Crippen LogP) is 1.08. The number of hydrogen-bond donors (Lipinski definition) is 3. The van der Waals surface area contributed by atoms with Crippen LogP contribution in [0.1, 0.15) is 15.8 Å². The average molecular weight is 238 g/mol. The van der Waals surface area contributed by atoms with E-state index in [2.05, 4.69) is 5.32 Å². The molecule has 86 valence electrons. The fourth-order valence-corrected chi connectivity index (χ4v) is 1.12. The molecule has 0 fully saturated rings. The summed E-state index contributed by atoms with van der Waals surface area (Å²) >= 11 is 0. The Bertz CT molecular complexity index is 387. The molecule has 0 bridgehead atoms. The van der Waals surface area contributed by atoms with Gasteiger partial charge in [-0.25, -0.2) is 0 Å². The number of benzene rings is 1. The number of aromatic hydroxyl groups is 1. The van der Waals surface area contributed by atoms with Crippen LogP contribution in [0.2, 0.25) is 0 Å². The standard InChI is InChI=1S/C10H15NO3.ClH/c1-11-6-9(13)7-3-4-8(12)10(5-7)14-2;/h3-5,9,11-13H,6H2,1-2H3;1H/i1+1D3;. The Kier molecular flexibility index (Phi) is 4.02. The van der Waals surface area contributed by atoms with Gasteiger partial charge in [0.05, 0.1) is 13.2 Å². The number of likely N-dealkylation sites (N-methyl/N-ethyl adjacent to an activating group) is 1. The summed E-state index contributed by atoms with van der Waals surface area (Å²) in [5.74, 6) is 0.197. The second-order valence-corrected chi connectivity index (χ2v) is 2.83. The average Bonchev–Trinajstić information content (AvgIpc) is 2.25. The van der Waals surface area contributed by atoms with Crippen LogP contribution in [0.4, 0.5) is 0 Å². The van der Waals surface area contributed by atoms with Crippen molar-refractivity contribution in [1.82, 2.24) is 5.32 Å². The van der Waals surface area contributed by atoms with Gasteiger partial charge in [0.15, 0.2) is 11.5 Å². The van der Waals surface area contributed by atoms with E-state index in [0.717, 1.165) is 0 Å². The SMILES string of the molecule is Cl.[2H][13C]([2H])([2H])NCC(O)c1ccc(O)c(OC)c1. The molecule has 1 aromatic rings. The summed E-state index contributed by atoms with van der Waals surface area (Å²) in [6, 6.07) is 4.34. The molecule has 0 saturated heterocycles. The molecule has 1 atom stereocenters. The highest BCUT2D eigenvalue weighted by molar-refractivity contribution is 5.85. The van der Waals surface area contributed by atoms with Crippen LogP contribution >= 0.6 is 12.4 Å². The maximum atomic E-state index is 9.75. The molecule has 0 saturated carbocycles. The van der Waals surface area contributed by atoms with Crippen molar-refractivity contribution in [3.8, 4) is 11.5 Å². The highest BCUT2D eigenvalue weighted by Crippen LogP contribution is 2.28. The number of aliphatic hydroxyl groups excluding tert-OH is 1. The molecule has 0 aliphatic carbocycles. The molecule has 0 radical (unpaired) electrons. The van der Waals surface area contributed by atoms with E-state index in [0.29, 0.717) is 5.56 Å². The molecule has 0 aliphatic heterocycles. The highest BCUT2D eigenvalue weighted by atomic mass is 35.5. The number of halogens is 1. The van der Waals surface area contributed by atoms with Crippen molar-refractivity contribution >= 4 is 12.4 Å². The summed E-state index contributed by atoms with van der Waals surface area (Å²) in [6.45, 7) is -2.40. The summed E-state index contributed by atoms with van der Waals surface area (Å²) in [7, 11) is 1.39. The van der Waals surface area contributed by atoms with E-state index in [-0.39, 0.29) is 30.5 Å². The highest BCUT2D eigenvalue weighted by Gasteiger charge is 2.09. The third kappa shape index (κ3) is 3.58. The van der Waals surface area contributed by atoms with Crippen LogP contribution in [-0.4, -0.2) is 30.8 Å². The minimum Gasteiger partial charge on any atom is -0.504 e. The van der Waals surface area contributed by atoms with E-state index in [9.17, 15) is 10.2 Å². The molecule has 4 nitrogen and oxygen atoms in total. The van der Waals surface area contributed by atoms with E-state index >= 15 is 0 Å². The Labute approximate surface area is 99.5 Å². The van der Waals surface area contributed by atoms with Gasteiger partial charge in [-0.15, -0.1) is 12.4 Å². The quantitative estimate of drug-likeness (QED) is 0.686. The lowest BCUT2D eigenvalue weighted by Gasteiger charge is -2.12. The third-order valence-corrected chi connectivity index (χ3v) is 1.88. The van der Waals surface area contributed by atoms with Gasteiger partial charge in [-0.2, -0.15) is 0 Å². The van der Waals surface area contributed by atoms with Gasteiger partial charge < -0.3 is 20.3 Å². The van der Waals surface area contributed by atoms with E-state index < -0.39 is 13.1 Å². The number of methoxy groups -OCH3 is 1. The van der Waals surface area contributed by atoms with E-state index in [1.165, 1.54) is 25.3 Å². The van der Waals surface area contributed by atoms with Gasteiger partial charge in [-0.05, 0) is 24.7 Å². The fourth-order valence-electron chi connectivity index (χ4n) is 1.12. The summed E-state index contributed by atoms with van der Waals surface area (Å²) in [6.07, 6.45) is -0.982. The van der Waals surface area contributed by atoms with Gasteiger partial charge in [-0.1, -0.05) is 6.07 Å². The number of ether oxygens (including phenoxy) is 1. The molecule has 3 N–H and O–H groups in total. The molecule has 5 heteroatoms. The fraction of sp³-hybridized carbons (Fsp3) is 0.400. The molecule has 0 aromatic heterocycles. The van der Waals surface area contributed by atoms with Crippen molar-refractivity contribution in [3.05, 3.63) is 23.8 Å².